The molecule has 1 fully saturated rings. The molecule has 0 spiro atoms. The predicted octanol–water partition coefficient (Wildman–Crippen LogP) is 4.71. The first kappa shape index (κ1) is 24.2. The lowest BCUT2D eigenvalue weighted by Gasteiger charge is -2.30. The second-order valence-corrected chi connectivity index (χ2v) is 9.94. The van der Waals surface area contributed by atoms with Crippen molar-refractivity contribution in [3.63, 3.8) is 0 Å². The zero-order valence-corrected chi connectivity index (χ0v) is 20.9. The number of pyridine rings is 2. The van der Waals surface area contributed by atoms with Crippen LogP contribution in [-0.4, -0.2) is 54.9 Å². The highest BCUT2D eigenvalue weighted by Gasteiger charge is 2.26. The van der Waals surface area contributed by atoms with E-state index in [9.17, 15) is 4.79 Å². The van der Waals surface area contributed by atoms with Crippen LogP contribution < -0.4 is 10.1 Å². The summed E-state index contributed by atoms with van der Waals surface area (Å²) in [5, 5.41) is 13.8. The van der Waals surface area contributed by atoms with Crippen LogP contribution in [0.4, 0.5) is 10.9 Å². The fraction of sp³-hybridized carbons (Fsp3) is 0.240. The Hall–Kier alpha value is -3.54. The lowest BCUT2D eigenvalue weighted by atomic mass is 9.96. The monoisotopic (exact) mass is 520 g/mol. The van der Waals surface area contributed by atoms with Crippen LogP contribution in [0.2, 0.25) is 0 Å². The Bertz CT molecular complexity index is 1300. The van der Waals surface area contributed by atoms with Crippen LogP contribution >= 0.6 is 23.3 Å². The van der Waals surface area contributed by atoms with Gasteiger partial charge in [-0.2, -0.15) is 4.37 Å². The minimum atomic E-state index is -0.451. The number of anilines is 2. The molecule has 9 nitrogen and oxygen atoms in total. The van der Waals surface area contributed by atoms with E-state index in [4.69, 9.17) is 14.8 Å². The largest absolute Gasteiger partial charge is 0.453 e. The van der Waals surface area contributed by atoms with Gasteiger partial charge in [0.15, 0.2) is 11.6 Å². The van der Waals surface area contributed by atoms with Crippen molar-refractivity contribution in [2.24, 2.45) is 0 Å². The van der Waals surface area contributed by atoms with E-state index in [0.717, 1.165) is 28.6 Å². The molecular weight excluding hydrogens is 496 g/mol. The Morgan fingerprint density at radius 3 is 2.69 bits per heavy atom. The van der Waals surface area contributed by atoms with Crippen molar-refractivity contribution in [3.05, 3.63) is 72.8 Å². The van der Waals surface area contributed by atoms with Gasteiger partial charge in [-0.1, -0.05) is 36.0 Å². The number of nitrogens with zero attached hydrogens (tertiary/aromatic N) is 5. The molecule has 1 saturated heterocycles. The highest BCUT2D eigenvalue weighted by Crippen LogP contribution is 2.36. The van der Waals surface area contributed by atoms with Gasteiger partial charge in [0.25, 0.3) is 0 Å². The van der Waals surface area contributed by atoms with Crippen LogP contribution in [0, 0.1) is 0 Å². The van der Waals surface area contributed by atoms with E-state index in [-0.39, 0.29) is 11.8 Å². The molecule has 1 aliphatic rings. The molecule has 184 valence electrons. The summed E-state index contributed by atoms with van der Waals surface area (Å²) in [7, 11) is 0. The Balaban J connectivity index is 1.32. The number of para-hydroxylation sites is 1. The number of piperidine rings is 1. The van der Waals surface area contributed by atoms with E-state index in [1.807, 2.05) is 54.6 Å². The molecule has 4 heterocycles. The summed E-state index contributed by atoms with van der Waals surface area (Å²) in [6, 6.07) is 17.2. The third kappa shape index (κ3) is 5.99. The smallest absolute Gasteiger partial charge is 0.248 e. The lowest BCUT2D eigenvalue weighted by molar-refractivity contribution is -0.135. The van der Waals surface area contributed by atoms with Crippen LogP contribution in [0.15, 0.2) is 76.9 Å². The second kappa shape index (κ2) is 11.5. The quantitative estimate of drug-likeness (QED) is 0.341. The molecule has 4 aromatic rings. The number of carbonyl (C=O) groups is 1. The number of hydrogen-bond donors (Lipinski definition) is 2. The summed E-state index contributed by atoms with van der Waals surface area (Å²) in [5.41, 5.74) is 0. The summed E-state index contributed by atoms with van der Waals surface area (Å²) in [5.74, 6) is 2.49. The highest BCUT2D eigenvalue weighted by molar-refractivity contribution is 7.99. The van der Waals surface area contributed by atoms with Crippen molar-refractivity contribution in [1.29, 1.82) is 0 Å². The van der Waals surface area contributed by atoms with E-state index in [1.54, 1.807) is 17.3 Å². The van der Waals surface area contributed by atoms with Crippen molar-refractivity contribution < 1.29 is 14.6 Å². The number of aliphatic hydroxyl groups excluding tert-OH is 1. The second-order valence-electron chi connectivity index (χ2n) is 8.10. The summed E-state index contributed by atoms with van der Waals surface area (Å²) in [4.78, 5) is 28.0. The van der Waals surface area contributed by atoms with Crippen LogP contribution in [0.5, 0.6) is 11.5 Å². The summed E-state index contributed by atoms with van der Waals surface area (Å²) in [6.45, 7) is 0.739. The first-order valence-electron chi connectivity index (χ1n) is 11.5. The number of benzene rings is 1. The molecule has 0 saturated carbocycles. The number of likely N-dealkylation sites (tertiary alicyclic amines) is 1. The van der Waals surface area contributed by atoms with Crippen molar-refractivity contribution >= 4 is 40.2 Å². The molecular formula is C25H24N6O3S2. The van der Waals surface area contributed by atoms with Crippen LogP contribution in [0.1, 0.15) is 24.6 Å². The van der Waals surface area contributed by atoms with Crippen LogP contribution in [0.3, 0.4) is 0 Å². The summed E-state index contributed by atoms with van der Waals surface area (Å²) in [6.07, 6.45) is 5.06. The average molecular weight is 521 g/mol. The first-order valence-corrected chi connectivity index (χ1v) is 13.1. The topological polar surface area (TPSA) is 113 Å². The number of amides is 1. The number of hydrogen-bond acceptors (Lipinski definition) is 10. The zero-order valence-electron chi connectivity index (χ0n) is 19.3. The third-order valence-corrected chi connectivity index (χ3v) is 7.23. The van der Waals surface area contributed by atoms with Gasteiger partial charge < -0.3 is 20.1 Å². The van der Waals surface area contributed by atoms with Gasteiger partial charge in [-0.15, -0.1) is 0 Å². The summed E-state index contributed by atoms with van der Waals surface area (Å²) >= 11 is 2.77. The van der Waals surface area contributed by atoms with Gasteiger partial charge in [0.2, 0.25) is 11.0 Å². The van der Waals surface area contributed by atoms with E-state index in [2.05, 4.69) is 19.7 Å². The van der Waals surface area contributed by atoms with Crippen LogP contribution in [0.25, 0.3) is 0 Å². The molecule has 0 unspecified atom stereocenters. The van der Waals surface area contributed by atoms with E-state index >= 15 is 0 Å². The Labute approximate surface area is 216 Å². The van der Waals surface area contributed by atoms with Crippen molar-refractivity contribution in [1.82, 2.24) is 24.2 Å². The number of aromatic nitrogens is 4. The molecule has 0 radical (unpaired) electrons. The van der Waals surface area contributed by atoms with Gasteiger partial charge in [-0.25, -0.2) is 15.0 Å². The Kier molecular flexibility index (Phi) is 7.70. The normalized spacial score (nSPS) is 14.0. The van der Waals surface area contributed by atoms with Gasteiger partial charge in [0.05, 0.1) is 0 Å². The number of ether oxygens (including phenoxy) is 1. The zero-order chi connectivity index (χ0) is 24.7. The molecule has 1 aliphatic heterocycles. The number of nitrogens with one attached hydrogen (secondary N) is 1. The number of carbonyl (C=O) groups excluding carboxylic acids is 1. The van der Waals surface area contributed by atoms with Gasteiger partial charge >= 0.3 is 0 Å². The highest BCUT2D eigenvalue weighted by atomic mass is 32.2. The molecule has 36 heavy (non-hydrogen) atoms. The lowest BCUT2D eigenvalue weighted by Crippen LogP contribution is -2.39. The predicted molar refractivity (Wildman–Crippen MR) is 138 cm³/mol. The Morgan fingerprint density at radius 1 is 1.14 bits per heavy atom. The molecule has 1 aromatic carbocycles. The minimum Gasteiger partial charge on any atom is -0.453 e. The first-order chi connectivity index (χ1) is 17.7. The molecule has 3 aromatic heterocycles. The van der Waals surface area contributed by atoms with Gasteiger partial charge in [0, 0.05) is 53.9 Å². The SMILES string of the molecule is O=C(CO)N1CCC(c2nsc(Nc3ncc(Sc4ccccn4)cc3Oc3ccccc3)n2)CC1. The molecule has 0 aliphatic carbocycles. The van der Waals surface area contributed by atoms with E-state index in [0.29, 0.717) is 35.5 Å². The molecule has 0 bridgehead atoms. The van der Waals surface area contributed by atoms with Crippen molar-refractivity contribution in [3.8, 4) is 11.5 Å². The molecule has 11 heteroatoms. The fourth-order valence-electron chi connectivity index (χ4n) is 3.84. The van der Waals surface area contributed by atoms with Crippen LogP contribution in [-0.2, 0) is 4.79 Å². The Morgan fingerprint density at radius 2 is 1.94 bits per heavy atom. The van der Waals surface area contributed by atoms with E-state index in [1.165, 1.54) is 23.3 Å². The standard InChI is InChI=1S/C25H24N6O3S2/c32-16-22(33)31-12-9-17(10-13-31)23-28-25(36-30-23)29-24-20(34-18-6-2-1-3-7-18)14-19(15-27-24)35-21-8-4-5-11-26-21/h1-8,11,14-15,17,32H,9-10,12-13,16H2,(H,27,28,29,30). The number of rotatable bonds is 8. The number of aliphatic hydroxyl groups is 1. The van der Waals surface area contributed by atoms with Gasteiger partial charge in [-0.05, 0) is 37.1 Å². The van der Waals surface area contributed by atoms with Gasteiger partial charge in [0.1, 0.15) is 23.2 Å². The molecule has 5 rings (SSSR count). The van der Waals surface area contributed by atoms with E-state index < -0.39 is 6.61 Å². The summed E-state index contributed by atoms with van der Waals surface area (Å²) < 4.78 is 10.7. The average Bonchev–Trinajstić information content (AvgIpc) is 3.39. The molecule has 2 N–H and O–H groups in total. The maximum atomic E-state index is 11.7. The fourth-order valence-corrected chi connectivity index (χ4v) is 5.26. The third-order valence-electron chi connectivity index (χ3n) is 5.67. The minimum absolute atomic E-state index is 0.171. The van der Waals surface area contributed by atoms with Crippen molar-refractivity contribution in [2.45, 2.75) is 28.7 Å². The maximum absolute atomic E-state index is 11.7. The van der Waals surface area contributed by atoms with Gasteiger partial charge in [-0.3, -0.25) is 4.79 Å². The molecule has 1 amide bonds. The maximum Gasteiger partial charge on any atom is 0.248 e. The molecule has 0 atom stereocenters. The van der Waals surface area contributed by atoms with Crippen molar-refractivity contribution in [2.75, 3.05) is 25.0 Å².